The number of nitrogen functional groups attached to an aromatic ring is 1. The first-order valence-electron chi connectivity index (χ1n) is 4.93. The summed E-state index contributed by atoms with van der Waals surface area (Å²) in [4.78, 5) is 4.12. The molecule has 0 saturated carbocycles. The van der Waals surface area contributed by atoms with Crippen LogP contribution in [0, 0.1) is 5.82 Å². The van der Waals surface area contributed by atoms with Crippen LogP contribution in [-0.2, 0) is 0 Å². The standard InChI is InChI=1S/C12H13FN2/c1-7(2)8-5-10(13)9-3-4-12(14)15-11(9)6-8/h3-7H,1-2H3,(H2,14,15). The number of aromatic nitrogens is 1. The fourth-order valence-electron chi connectivity index (χ4n) is 1.56. The van der Waals surface area contributed by atoms with Crippen molar-refractivity contribution >= 4 is 16.7 Å². The highest BCUT2D eigenvalue weighted by atomic mass is 19.1. The van der Waals surface area contributed by atoms with E-state index in [1.54, 1.807) is 18.2 Å². The van der Waals surface area contributed by atoms with Gasteiger partial charge in [0.1, 0.15) is 11.6 Å². The lowest BCUT2D eigenvalue weighted by Crippen LogP contribution is -1.94. The zero-order valence-corrected chi connectivity index (χ0v) is 8.79. The number of nitrogens with zero attached hydrogens (tertiary/aromatic N) is 1. The zero-order valence-electron chi connectivity index (χ0n) is 8.79. The Morgan fingerprint density at radius 1 is 1.27 bits per heavy atom. The highest BCUT2D eigenvalue weighted by molar-refractivity contribution is 5.81. The minimum atomic E-state index is -0.233. The quantitative estimate of drug-likeness (QED) is 0.775. The lowest BCUT2D eigenvalue weighted by Gasteiger charge is -2.07. The number of rotatable bonds is 1. The van der Waals surface area contributed by atoms with E-state index in [1.807, 2.05) is 19.9 Å². The molecule has 1 aromatic heterocycles. The number of pyridine rings is 1. The first kappa shape index (κ1) is 9.90. The Hall–Kier alpha value is -1.64. The average Bonchev–Trinajstić information content (AvgIpc) is 2.16. The van der Waals surface area contributed by atoms with Crippen LogP contribution >= 0.6 is 0 Å². The maximum Gasteiger partial charge on any atom is 0.132 e. The molecule has 0 saturated heterocycles. The van der Waals surface area contributed by atoms with E-state index in [1.165, 1.54) is 0 Å². The van der Waals surface area contributed by atoms with Crippen LogP contribution < -0.4 is 5.73 Å². The van der Waals surface area contributed by atoms with Crippen molar-refractivity contribution in [3.63, 3.8) is 0 Å². The van der Waals surface area contributed by atoms with Gasteiger partial charge in [0.05, 0.1) is 5.52 Å². The normalized spacial score (nSPS) is 11.2. The number of hydrogen-bond acceptors (Lipinski definition) is 2. The number of halogens is 1. The summed E-state index contributed by atoms with van der Waals surface area (Å²) in [5.74, 6) is 0.471. The summed E-state index contributed by atoms with van der Waals surface area (Å²) in [7, 11) is 0. The van der Waals surface area contributed by atoms with Gasteiger partial charge in [0, 0.05) is 5.39 Å². The van der Waals surface area contributed by atoms with Crippen molar-refractivity contribution in [1.29, 1.82) is 0 Å². The molecule has 78 valence electrons. The Morgan fingerprint density at radius 3 is 2.67 bits per heavy atom. The van der Waals surface area contributed by atoms with E-state index in [0.717, 1.165) is 5.56 Å². The molecule has 0 atom stereocenters. The van der Waals surface area contributed by atoms with Gasteiger partial charge in [-0.25, -0.2) is 9.37 Å². The Labute approximate surface area is 87.9 Å². The van der Waals surface area contributed by atoms with Crippen molar-refractivity contribution in [2.75, 3.05) is 5.73 Å². The summed E-state index contributed by atoms with van der Waals surface area (Å²) in [6, 6.07) is 6.72. The van der Waals surface area contributed by atoms with Crippen LogP contribution in [0.15, 0.2) is 24.3 Å². The molecule has 2 rings (SSSR count). The predicted molar refractivity (Wildman–Crippen MR) is 60.2 cm³/mol. The fraction of sp³-hybridized carbons (Fsp3) is 0.250. The molecule has 0 fully saturated rings. The number of anilines is 1. The van der Waals surface area contributed by atoms with E-state index in [9.17, 15) is 4.39 Å². The molecular weight excluding hydrogens is 191 g/mol. The van der Waals surface area contributed by atoms with Crippen LogP contribution in [0.1, 0.15) is 25.3 Å². The minimum absolute atomic E-state index is 0.233. The van der Waals surface area contributed by atoms with Crippen molar-refractivity contribution in [3.05, 3.63) is 35.6 Å². The van der Waals surface area contributed by atoms with Crippen molar-refractivity contribution in [3.8, 4) is 0 Å². The summed E-state index contributed by atoms with van der Waals surface area (Å²) in [6.45, 7) is 4.04. The molecule has 2 nitrogen and oxygen atoms in total. The Kier molecular flexibility index (Phi) is 2.31. The Morgan fingerprint density at radius 2 is 2.00 bits per heavy atom. The molecule has 0 aliphatic rings. The molecule has 1 heterocycles. The molecule has 2 N–H and O–H groups in total. The van der Waals surface area contributed by atoms with Gasteiger partial charge in [0.2, 0.25) is 0 Å². The van der Waals surface area contributed by atoms with E-state index in [2.05, 4.69) is 4.98 Å². The number of hydrogen-bond donors (Lipinski definition) is 1. The Bertz CT molecular complexity index is 506. The third kappa shape index (κ3) is 1.77. The molecule has 0 aliphatic heterocycles. The summed E-state index contributed by atoms with van der Waals surface area (Å²) < 4.78 is 13.7. The zero-order chi connectivity index (χ0) is 11.0. The van der Waals surface area contributed by atoms with Gasteiger partial charge >= 0.3 is 0 Å². The number of nitrogens with two attached hydrogens (primary N) is 1. The minimum Gasteiger partial charge on any atom is -0.384 e. The van der Waals surface area contributed by atoms with Gasteiger partial charge in [0.25, 0.3) is 0 Å². The Balaban J connectivity index is 2.74. The SMILES string of the molecule is CC(C)c1cc(F)c2ccc(N)nc2c1. The van der Waals surface area contributed by atoms with Crippen molar-refractivity contribution in [2.24, 2.45) is 0 Å². The number of benzene rings is 1. The van der Waals surface area contributed by atoms with Crippen LogP contribution in [0.2, 0.25) is 0 Å². The van der Waals surface area contributed by atoms with E-state index < -0.39 is 0 Å². The highest BCUT2D eigenvalue weighted by Crippen LogP contribution is 2.23. The molecule has 0 radical (unpaired) electrons. The van der Waals surface area contributed by atoms with Gasteiger partial charge in [0.15, 0.2) is 0 Å². The van der Waals surface area contributed by atoms with Gasteiger partial charge in [-0.05, 0) is 35.7 Å². The van der Waals surface area contributed by atoms with Gasteiger partial charge in [-0.1, -0.05) is 13.8 Å². The van der Waals surface area contributed by atoms with Gasteiger partial charge in [-0.2, -0.15) is 0 Å². The van der Waals surface area contributed by atoms with Crippen LogP contribution in [-0.4, -0.2) is 4.98 Å². The highest BCUT2D eigenvalue weighted by Gasteiger charge is 2.07. The lowest BCUT2D eigenvalue weighted by molar-refractivity contribution is 0.635. The third-order valence-electron chi connectivity index (χ3n) is 2.47. The molecule has 2 aromatic rings. The smallest absolute Gasteiger partial charge is 0.132 e. The molecular formula is C12H13FN2. The second kappa shape index (κ2) is 3.50. The monoisotopic (exact) mass is 204 g/mol. The maximum atomic E-state index is 13.7. The number of fused-ring (bicyclic) bond motifs is 1. The maximum absolute atomic E-state index is 13.7. The summed E-state index contributed by atoms with van der Waals surface area (Å²) in [6.07, 6.45) is 0. The third-order valence-corrected chi connectivity index (χ3v) is 2.47. The molecule has 0 amide bonds. The molecule has 15 heavy (non-hydrogen) atoms. The fourth-order valence-corrected chi connectivity index (χ4v) is 1.56. The topological polar surface area (TPSA) is 38.9 Å². The average molecular weight is 204 g/mol. The van der Waals surface area contributed by atoms with Crippen LogP contribution in [0.5, 0.6) is 0 Å². The van der Waals surface area contributed by atoms with Crippen molar-refractivity contribution in [2.45, 2.75) is 19.8 Å². The van der Waals surface area contributed by atoms with Crippen molar-refractivity contribution < 1.29 is 4.39 Å². The van der Waals surface area contributed by atoms with E-state index in [4.69, 9.17) is 5.73 Å². The largest absolute Gasteiger partial charge is 0.384 e. The first-order valence-corrected chi connectivity index (χ1v) is 4.93. The van der Waals surface area contributed by atoms with Crippen LogP contribution in [0.25, 0.3) is 10.9 Å². The molecule has 0 spiro atoms. The molecule has 1 aromatic carbocycles. The van der Waals surface area contributed by atoms with Gasteiger partial charge < -0.3 is 5.73 Å². The second-order valence-electron chi connectivity index (χ2n) is 3.96. The second-order valence-corrected chi connectivity index (χ2v) is 3.96. The van der Waals surface area contributed by atoms with Crippen molar-refractivity contribution in [1.82, 2.24) is 4.98 Å². The molecule has 0 bridgehead atoms. The van der Waals surface area contributed by atoms with Crippen LogP contribution in [0.4, 0.5) is 10.2 Å². The summed E-state index contributed by atoms with van der Waals surface area (Å²) >= 11 is 0. The van der Waals surface area contributed by atoms with E-state index in [-0.39, 0.29) is 11.7 Å². The van der Waals surface area contributed by atoms with Gasteiger partial charge in [-0.15, -0.1) is 0 Å². The predicted octanol–water partition coefficient (Wildman–Crippen LogP) is 3.08. The van der Waals surface area contributed by atoms with Crippen LogP contribution in [0.3, 0.4) is 0 Å². The molecule has 0 aliphatic carbocycles. The molecule has 3 heteroatoms. The molecule has 0 unspecified atom stereocenters. The summed E-state index contributed by atoms with van der Waals surface area (Å²) in [5, 5.41) is 0.522. The lowest BCUT2D eigenvalue weighted by atomic mass is 10.0. The van der Waals surface area contributed by atoms with Gasteiger partial charge in [-0.3, -0.25) is 0 Å². The van der Waals surface area contributed by atoms with E-state index >= 15 is 0 Å². The van der Waals surface area contributed by atoms with E-state index in [0.29, 0.717) is 16.7 Å². The first-order chi connectivity index (χ1) is 7.08. The summed E-state index contributed by atoms with van der Waals surface area (Å²) in [5.41, 5.74) is 7.13.